The molecule has 1 aromatic heterocycles. The fraction of sp³-hybridized carbons (Fsp3) is 0.231. The highest BCUT2D eigenvalue weighted by Crippen LogP contribution is 2.30. The van der Waals surface area contributed by atoms with Crippen molar-refractivity contribution in [2.24, 2.45) is 0 Å². The Bertz CT molecular complexity index is 578. The summed E-state index contributed by atoms with van der Waals surface area (Å²) in [4.78, 5) is 11.0. The SMILES string of the molecule is CCCc1cc(C(=O)O)ccc1-c1[nH]ncc1Br. The summed E-state index contributed by atoms with van der Waals surface area (Å²) in [6, 6.07) is 5.17. The van der Waals surface area contributed by atoms with Crippen LogP contribution in [0.5, 0.6) is 0 Å². The van der Waals surface area contributed by atoms with Gasteiger partial charge in [-0.15, -0.1) is 0 Å². The summed E-state index contributed by atoms with van der Waals surface area (Å²) in [5, 5.41) is 15.9. The van der Waals surface area contributed by atoms with Crippen LogP contribution in [0.25, 0.3) is 11.3 Å². The van der Waals surface area contributed by atoms with E-state index in [1.54, 1.807) is 18.3 Å². The number of carboxylic acids is 1. The molecule has 2 N–H and O–H groups in total. The van der Waals surface area contributed by atoms with Crippen LogP contribution in [-0.2, 0) is 6.42 Å². The van der Waals surface area contributed by atoms with Gasteiger partial charge in [0.1, 0.15) is 0 Å². The van der Waals surface area contributed by atoms with Crippen molar-refractivity contribution in [2.45, 2.75) is 19.8 Å². The van der Waals surface area contributed by atoms with Crippen molar-refractivity contribution in [3.8, 4) is 11.3 Å². The van der Waals surface area contributed by atoms with Gasteiger partial charge >= 0.3 is 5.97 Å². The predicted molar refractivity (Wildman–Crippen MR) is 72.7 cm³/mol. The number of halogens is 1. The maximum absolute atomic E-state index is 11.0. The van der Waals surface area contributed by atoms with Gasteiger partial charge in [-0.25, -0.2) is 4.79 Å². The first-order valence-corrected chi connectivity index (χ1v) is 6.48. The molecule has 0 aliphatic heterocycles. The van der Waals surface area contributed by atoms with Crippen LogP contribution in [0.15, 0.2) is 28.9 Å². The second-order valence-corrected chi connectivity index (χ2v) is 4.87. The van der Waals surface area contributed by atoms with E-state index in [1.165, 1.54) is 0 Å². The summed E-state index contributed by atoms with van der Waals surface area (Å²) in [5.41, 5.74) is 3.21. The number of hydrogen-bond acceptors (Lipinski definition) is 2. The van der Waals surface area contributed by atoms with Gasteiger partial charge in [0.2, 0.25) is 0 Å². The summed E-state index contributed by atoms with van der Waals surface area (Å²) < 4.78 is 0.878. The second-order valence-electron chi connectivity index (χ2n) is 4.02. The molecule has 0 aliphatic carbocycles. The van der Waals surface area contributed by atoms with Crippen molar-refractivity contribution in [1.82, 2.24) is 10.2 Å². The van der Waals surface area contributed by atoms with Gasteiger partial charge in [0, 0.05) is 5.56 Å². The van der Waals surface area contributed by atoms with Crippen LogP contribution in [0.3, 0.4) is 0 Å². The van der Waals surface area contributed by atoms with E-state index in [2.05, 4.69) is 33.1 Å². The van der Waals surface area contributed by atoms with Gasteiger partial charge in [-0.1, -0.05) is 19.4 Å². The molecule has 1 heterocycles. The fourth-order valence-electron chi connectivity index (χ4n) is 1.91. The normalized spacial score (nSPS) is 10.6. The minimum atomic E-state index is -0.900. The molecule has 1 aromatic carbocycles. The van der Waals surface area contributed by atoms with Crippen molar-refractivity contribution >= 4 is 21.9 Å². The standard InChI is InChI=1S/C13H13BrN2O2/c1-2-3-8-6-9(13(17)18)4-5-10(8)12-11(14)7-15-16-12/h4-7H,2-3H2,1H3,(H,15,16)(H,17,18). The van der Waals surface area contributed by atoms with Gasteiger partial charge < -0.3 is 5.11 Å². The van der Waals surface area contributed by atoms with E-state index in [1.807, 2.05) is 6.07 Å². The molecule has 5 heteroatoms. The van der Waals surface area contributed by atoms with Gasteiger partial charge in [-0.05, 0) is 40.0 Å². The Hall–Kier alpha value is -1.62. The first-order valence-electron chi connectivity index (χ1n) is 5.69. The number of hydrogen-bond donors (Lipinski definition) is 2. The number of carboxylic acid groups (broad SMARTS) is 1. The van der Waals surface area contributed by atoms with Gasteiger partial charge in [-0.2, -0.15) is 5.10 Å². The third kappa shape index (κ3) is 2.46. The van der Waals surface area contributed by atoms with Gasteiger partial charge in [0.25, 0.3) is 0 Å². The lowest BCUT2D eigenvalue weighted by molar-refractivity contribution is 0.0697. The topological polar surface area (TPSA) is 66.0 Å². The molecule has 2 rings (SSSR count). The molecule has 94 valence electrons. The van der Waals surface area contributed by atoms with Gasteiger partial charge in [0.05, 0.1) is 21.9 Å². The largest absolute Gasteiger partial charge is 0.478 e. The maximum Gasteiger partial charge on any atom is 0.335 e. The molecule has 0 bridgehead atoms. The van der Waals surface area contributed by atoms with Crippen molar-refractivity contribution < 1.29 is 9.90 Å². The average molecular weight is 309 g/mol. The molecule has 0 radical (unpaired) electrons. The zero-order chi connectivity index (χ0) is 13.1. The number of aryl methyl sites for hydroxylation is 1. The number of nitrogens with zero attached hydrogens (tertiary/aromatic N) is 1. The zero-order valence-electron chi connectivity index (χ0n) is 9.90. The van der Waals surface area contributed by atoms with Crippen molar-refractivity contribution in [1.29, 1.82) is 0 Å². The Kier molecular flexibility index (Phi) is 3.81. The molecule has 2 aromatic rings. The third-order valence-electron chi connectivity index (χ3n) is 2.73. The highest BCUT2D eigenvalue weighted by atomic mass is 79.9. The summed E-state index contributed by atoms with van der Waals surface area (Å²) in [5.74, 6) is -0.900. The van der Waals surface area contributed by atoms with E-state index < -0.39 is 5.97 Å². The first-order chi connectivity index (χ1) is 8.63. The van der Waals surface area contributed by atoms with E-state index in [0.717, 1.165) is 34.1 Å². The molecule has 0 unspecified atom stereocenters. The molecule has 0 aliphatic rings. The molecule has 18 heavy (non-hydrogen) atoms. The molecule has 0 fully saturated rings. The number of aromatic amines is 1. The van der Waals surface area contributed by atoms with Gasteiger partial charge in [-0.3, -0.25) is 5.10 Å². The minimum absolute atomic E-state index is 0.317. The number of rotatable bonds is 4. The number of benzene rings is 1. The lowest BCUT2D eigenvalue weighted by Gasteiger charge is -2.09. The van der Waals surface area contributed by atoms with Crippen LogP contribution in [0.2, 0.25) is 0 Å². The Morgan fingerprint density at radius 1 is 1.50 bits per heavy atom. The number of carbonyl (C=O) groups is 1. The third-order valence-corrected chi connectivity index (χ3v) is 3.34. The van der Waals surface area contributed by atoms with Crippen molar-refractivity contribution in [2.75, 3.05) is 0 Å². The van der Waals surface area contributed by atoms with Crippen molar-refractivity contribution in [3.05, 3.63) is 40.0 Å². The molecule has 0 saturated heterocycles. The molecule has 0 saturated carbocycles. The molecule has 4 nitrogen and oxygen atoms in total. The Balaban J connectivity index is 2.53. The van der Waals surface area contributed by atoms with E-state index in [0.29, 0.717) is 5.56 Å². The number of aromatic carboxylic acids is 1. The fourth-order valence-corrected chi connectivity index (χ4v) is 2.31. The van der Waals surface area contributed by atoms with E-state index >= 15 is 0 Å². The van der Waals surface area contributed by atoms with Crippen LogP contribution >= 0.6 is 15.9 Å². The summed E-state index contributed by atoms with van der Waals surface area (Å²) >= 11 is 3.43. The second kappa shape index (κ2) is 5.35. The van der Waals surface area contributed by atoms with Crippen LogP contribution < -0.4 is 0 Å². The quantitative estimate of drug-likeness (QED) is 0.908. The van der Waals surface area contributed by atoms with Gasteiger partial charge in [0.15, 0.2) is 0 Å². The zero-order valence-corrected chi connectivity index (χ0v) is 11.5. The van der Waals surface area contributed by atoms with Crippen LogP contribution in [0, 0.1) is 0 Å². The molecule has 0 amide bonds. The Morgan fingerprint density at radius 2 is 2.28 bits per heavy atom. The van der Waals surface area contributed by atoms with Crippen LogP contribution in [0.1, 0.15) is 29.3 Å². The number of aromatic nitrogens is 2. The Morgan fingerprint density at radius 3 is 2.83 bits per heavy atom. The lowest BCUT2D eigenvalue weighted by atomic mass is 9.98. The van der Waals surface area contributed by atoms with Crippen molar-refractivity contribution in [3.63, 3.8) is 0 Å². The molecular weight excluding hydrogens is 296 g/mol. The first kappa shape index (κ1) is 12.8. The molecule has 0 atom stereocenters. The summed E-state index contributed by atoms with van der Waals surface area (Å²) in [7, 11) is 0. The smallest absolute Gasteiger partial charge is 0.335 e. The van der Waals surface area contributed by atoms with E-state index in [4.69, 9.17) is 5.11 Å². The molecular formula is C13H13BrN2O2. The summed E-state index contributed by atoms with van der Waals surface area (Å²) in [6.45, 7) is 2.07. The van der Waals surface area contributed by atoms with Crippen LogP contribution in [-0.4, -0.2) is 21.3 Å². The lowest BCUT2D eigenvalue weighted by Crippen LogP contribution is -1.99. The predicted octanol–water partition coefficient (Wildman–Crippen LogP) is 3.49. The maximum atomic E-state index is 11.0. The minimum Gasteiger partial charge on any atom is -0.478 e. The molecule has 0 spiro atoms. The van der Waals surface area contributed by atoms with Crippen LogP contribution in [0.4, 0.5) is 0 Å². The monoisotopic (exact) mass is 308 g/mol. The number of H-pyrrole nitrogens is 1. The summed E-state index contributed by atoms with van der Waals surface area (Å²) in [6.07, 6.45) is 3.49. The average Bonchev–Trinajstić information content (AvgIpc) is 2.75. The highest BCUT2D eigenvalue weighted by Gasteiger charge is 2.12. The Labute approximate surface area is 113 Å². The van der Waals surface area contributed by atoms with E-state index in [9.17, 15) is 4.79 Å². The highest BCUT2D eigenvalue weighted by molar-refractivity contribution is 9.10. The van der Waals surface area contributed by atoms with E-state index in [-0.39, 0.29) is 0 Å². The number of nitrogens with one attached hydrogen (secondary N) is 1.